The Hall–Kier alpha value is -1.38. The van der Waals surface area contributed by atoms with Crippen LogP contribution in [0, 0.1) is 0 Å². The Bertz CT molecular complexity index is 508. The number of carbonyl (C=O) groups is 1. The van der Waals surface area contributed by atoms with Crippen molar-refractivity contribution in [2.75, 3.05) is 19.3 Å². The van der Waals surface area contributed by atoms with Crippen LogP contribution in [0.15, 0.2) is 16.5 Å². The number of hydrogen-bond acceptors (Lipinski definition) is 5. The van der Waals surface area contributed by atoms with Gasteiger partial charge in [0.25, 0.3) is 0 Å². The fourth-order valence-corrected chi connectivity index (χ4v) is 1.80. The molecule has 0 saturated carbocycles. The molecule has 0 fully saturated rings. The van der Waals surface area contributed by atoms with Crippen molar-refractivity contribution in [1.82, 2.24) is 10.0 Å². The van der Waals surface area contributed by atoms with Gasteiger partial charge < -0.3 is 14.8 Å². The summed E-state index contributed by atoms with van der Waals surface area (Å²) in [5, 5.41) is 11.7. The molecular weight excluding hydrogens is 260 g/mol. The van der Waals surface area contributed by atoms with Crippen molar-refractivity contribution in [2.24, 2.45) is 0 Å². The van der Waals surface area contributed by atoms with Crippen LogP contribution >= 0.6 is 0 Å². The average molecular weight is 276 g/mol. The molecule has 7 nitrogen and oxygen atoms in total. The topological polar surface area (TPSA) is 109 Å². The molecule has 1 heterocycles. The predicted octanol–water partition coefficient (Wildman–Crippen LogP) is 0.178. The van der Waals surface area contributed by atoms with Crippen LogP contribution in [0.2, 0.25) is 0 Å². The van der Waals surface area contributed by atoms with Gasteiger partial charge in [-0.25, -0.2) is 17.9 Å². The molecule has 0 bridgehead atoms. The highest BCUT2D eigenvalue weighted by Crippen LogP contribution is 2.15. The summed E-state index contributed by atoms with van der Waals surface area (Å²) in [5.41, 5.74) is 0. The van der Waals surface area contributed by atoms with E-state index in [0.717, 1.165) is 6.26 Å². The summed E-state index contributed by atoms with van der Waals surface area (Å²) in [5.74, 6) is -0.744. The van der Waals surface area contributed by atoms with E-state index in [1.54, 1.807) is 13.0 Å². The fourth-order valence-electron chi connectivity index (χ4n) is 1.33. The first-order valence-electron chi connectivity index (χ1n) is 5.30. The Morgan fingerprint density at radius 3 is 2.61 bits per heavy atom. The number of rotatable bonds is 7. The van der Waals surface area contributed by atoms with Crippen molar-refractivity contribution >= 4 is 16.0 Å². The van der Waals surface area contributed by atoms with Gasteiger partial charge in [0, 0.05) is 13.1 Å². The molecule has 0 aliphatic heterocycles. The molecule has 102 valence electrons. The van der Waals surface area contributed by atoms with Crippen LogP contribution in [0.4, 0.5) is 0 Å². The molecule has 0 saturated heterocycles. The quantitative estimate of drug-likeness (QED) is 0.613. The normalized spacial score (nSPS) is 13.4. The van der Waals surface area contributed by atoms with Crippen LogP contribution < -0.4 is 10.0 Å². The summed E-state index contributed by atoms with van der Waals surface area (Å²) in [6.45, 7) is 2.47. The van der Waals surface area contributed by atoms with Gasteiger partial charge in [0.05, 0.1) is 12.3 Å². The first kappa shape index (κ1) is 14.7. The molecule has 18 heavy (non-hydrogen) atoms. The maximum Gasteiger partial charge on any atom is 0.371 e. The molecule has 0 aliphatic carbocycles. The second-order valence-corrected chi connectivity index (χ2v) is 5.68. The minimum Gasteiger partial charge on any atom is -0.475 e. The Morgan fingerprint density at radius 2 is 2.11 bits per heavy atom. The minimum atomic E-state index is -3.18. The molecule has 3 N–H and O–H groups in total. The van der Waals surface area contributed by atoms with E-state index < -0.39 is 16.0 Å². The molecule has 1 unspecified atom stereocenters. The zero-order valence-corrected chi connectivity index (χ0v) is 11.0. The second kappa shape index (κ2) is 5.98. The maximum atomic E-state index is 10.8. The second-order valence-electron chi connectivity index (χ2n) is 3.85. The minimum absolute atomic E-state index is 0.118. The molecule has 0 radical (unpaired) electrons. The van der Waals surface area contributed by atoms with Gasteiger partial charge in [-0.05, 0) is 19.1 Å². The van der Waals surface area contributed by atoms with E-state index in [9.17, 15) is 13.2 Å². The first-order valence-corrected chi connectivity index (χ1v) is 7.20. The van der Waals surface area contributed by atoms with Gasteiger partial charge in [0.1, 0.15) is 5.76 Å². The number of aromatic carboxylic acids is 1. The largest absolute Gasteiger partial charge is 0.475 e. The predicted molar refractivity (Wildman–Crippen MR) is 64.9 cm³/mol. The van der Waals surface area contributed by atoms with Crippen LogP contribution in [0.5, 0.6) is 0 Å². The van der Waals surface area contributed by atoms with Crippen LogP contribution in [-0.4, -0.2) is 38.8 Å². The van der Waals surface area contributed by atoms with Crippen molar-refractivity contribution in [3.63, 3.8) is 0 Å². The Labute approximate surface area is 105 Å². The number of sulfonamides is 1. The van der Waals surface area contributed by atoms with Gasteiger partial charge in [-0.2, -0.15) is 0 Å². The van der Waals surface area contributed by atoms with Gasteiger partial charge >= 0.3 is 5.97 Å². The Balaban J connectivity index is 2.40. The summed E-state index contributed by atoms with van der Waals surface area (Å²) in [4.78, 5) is 10.6. The summed E-state index contributed by atoms with van der Waals surface area (Å²) in [6.07, 6.45) is 1.09. The van der Waals surface area contributed by atoms with E-state index in [1.165, 1.54) is 6.07 Å². The maximum absolute atomic E-state index is 10.8. The monoisotopic (exact) mass is 276 g/mol. The highest BCUT2D eigenvalue weighted by molar-refractivity contribution is 7.88. The Morgan fingerprint density at radius 1 is 1.44 bits per heavy atom. The molecule has 1 aromatic heterocycles. The van der Waals surface area contributed by atoms with Crippen molar-refractivity contribution < 1.29 is 22.7 Å². The number of carboxylic acids is 1. The highest BCUT2D eigenvalue weighted by Gasteiger charge is 2.13. The van der Waals surface area contributed by atoms with Crippen LogP contribution in [0.1, 0.15) is 29.3 Å². The fraction of sp³-hybridized carbons (Fsp3) is 0.500. The van der Waals surface area contributed by atoms with Gasteiger partial charge in [-0.15, -0.1) is 0 Å². The summed E-state index contributed by atoms with van der Waals surface area (Å²) >= 11 is 0. The summed E-state index contributed by atoms with van der Waals surface area (Å²) < 4.78 is 29.0. The lowest BCUT2D eigenvalue weighted by molar-refractivity contribution is 0.0659. The zero-order chi connectivity index (χ0) is 13.8. The number of nitrogens with one attached hydrogen (secondary N) is 2. The highest BCUT2D eigenvalue weighted by atomic mass is 32.2. The average Bonchev–Trinajstić information content (AvgIpc) is 2.72. The van der Waals surface area contributed by atoms with Crippen molar-refractivity contribution in [2.45, 2.75) is 13.0 Å². The summed E-state index contributed by atoms with van der Waals surface area (Å²) in [7, 11) is -3.18. The number of carboxylic acid groups (broad SMARTS) is 1. The molecular formula is C10H16N2O5S. The standard InChI is InChI=1S/C10H16N2O5S/c1-7(11-5-6-12-18(2,15)16)8-3-4-9(17-8)10(13)14/h3-4,7,11-12H,5-6H2,1-2H3,(H,13,14). The molecule has 8 heteroatoms. The van der Waals surface area contributed by atoms with E-state index in [4.69, 9.17) is 9.52 Å². The molecule has 1 atom stereocenters. The lowest BCUT2D eigenvalue weighted by Gasteiger charge is -2.11. The lowest BCUT2D eigenvalue weighted by Crippen LogP contribution is -2.32. The van der Waals surface area contributed by atoms with E-state index in [0.29, 0.717) is 12.3 Å². The number of hydrogen-bond donors (Lipinski definition) is 3. The van der Waals surface area contributed by atoms with E-state index in [2.05, 4.69) is 10.0 Å². The van der Waals surface area contributed by atoms with E-state index in [-0.39, 0.29) is 18.3 Å². The lowest BCUT2D eigenvalue weighted by atomic mass is 10.2. The van der Waals surface area contributed by atoms with Crippen LogP contribution in [0.3, 0.4) is 0 Å². The number of furan rings is 1. The van der Waals surface area contributed by atoms with Gasteiger partial charge in [-0.3, -0.25) is 0 Å². The van der Waals surface area contributed by atoms with E-state index in [1.807, 2.05) is 0 Å². The van der Waals surface area contributed by atoms with Crippen molar-refractivity contribution in [3.8, 4) is 0 Å². The smallest absolute Gasteiger partial charge is 0.371 e. The molecule has 0 aromatic carbocycles. The first-order chi connectivity index (χ1) is 8.29. The third kappa shape index (κ3) is 4.86. The van der Waals surface area contributed by atoms with Gasteiger partial charge in [0.2, 0.25) is 15.8 Å². The molecule has 1 rings (SSSR count). The third-order valence-electron chi connectivity index (χ3n) is 2.20. The molecule has 1 aromatic rings. The SMILES string of the molecule is CC(NCCNS(C)(=O)=O)c1ccc(C(=O)O)o1. The van der Waals surface area contributed by atoms with Gasteiger partial charge in [-0.1, -0.05) is 0 Å². The Kier molecular flexibility index (Phi) is 4.88. The molecule has 0 aliphatic rings. The third-order valence-corrected chi connectivity index (χ3v) is 2.93. The van der Waals surface area contributed by atoms with Crippen LogP contribution in [0.25, 0.3) is 0 Å². The van der Waals surface area contributed by atoms with Gasteiger partial charge in [0.15, 0.2) is 0 Å². The van der Waals surface area contributed by atoms with Crippen molar-refractivity contribution in [3.05, 3.63) is 23.7 Å². The van der Waals surface area contributed by atoms with Crippen LogP contribution in [-0.2, 0) is 10.0 Å². The molecule has 0 spiro atoms. The summed E-state index contributed by atoms with van der Waals surface area (Å²) in [6, 6.07) is 2.76. The van der Waals surface area contributed by atoms with E-state index >= 15 is 0 Å². The van der Waals surface area contributed by atoms with Crippen molar-refractivity contribution in [1.29, 1.82) is 0 Å². The zero-order valence-electron chi connectivity index (χ0n) is 10.1. The molecule has 0 amide bonds.